The molecule has 0 amide bonds. The van der Waals surface area contributed by atoms with Crippen LogP contribution in [0.3, 0.4) is 0 Å². The molecule has 1 saturated heterocycles. The molecule has 1 aliphatic rings. The zero-order valence-corrected chi connectivity index (χ0v) is 21.6. The maximum absolute atomic E-state index is 10.7. The number of aliphatic carboxylic acids is 1. The summed E-state index contributed by atoms with van der Waals surface area (Å²) in [6, 6.07) is 16.4. The highest BCUT2D eigenvalue weighted by molar-refractivity contribution is 5.66. The second-order valence-corrected chi connectivity index (χ2v) is 9.82. The molecule has 37 heavy (non-hydrogen) atoms. The average Bonchev–Trinajstić information content (AvgIpc) is 3.34. The molecule has 4 rings (SSSR count). The van der Waals surface area contributed by atoms with E-state index < -0.39 is 5.97 Å². The summed E-state index contributed by atoms with van der Waals surface area (Å²) >= 11 is 0. The first-order chi connectivity index (χ1) is 17.9. The number of carboxylic acid groups (broad SMARTS) is 1. The lowest BCUT2D eigenvalue weighted by Gasteiger charge is -2.47. The molecule has 0 radical (unpaired) electrons. The van der Waals surface area contributed by atoms with Crippen LogP contribution in [0.2, 0.25) is 0 Å². The van der Waals surface area contributed by atoms with Gasteiger partial charge in [-0.05, 0) is 55.2 Å². The van der Waals surface area contributed by atoms with Gasteiger partial charge in [-0.15, -0.1) is 16.8 Å². The van der Waals surface area contributed by atoms with Crippen molar-refractivity contribution in [2.24, 2.45) is 0 Å². The van der Waals surface area contributed by atoms with E-state index >= 15 is 0 Å². The molecule has 9 heteroatoms. The summed E-state index contributed by atoms with van der Waals surface area (Å²) in [7, 11) is 0. The Morgan fingerprint density at radius 3 is 2.59 bits per heavy atom. The third-order valence-corrected chi connectivity index (χ3v) is 6.98. The van der Waals surface area contributed by atoms with Gasteiger partial charge in [0.15, 0.2) is 0 Å². The van der Waals surface area contributed by atoms with Crippen molar-refractivity contribution in [1.82, 2.24) is 30.0 Å². The van der Waals surface area contributed by atoms with Crippen LogP contribution >= 0.6 is 0 Å². The second kappa shape index (κ2) is 12.1. The van der Waals surface area contributed by atoms with E-state index in [0.717, 1.165) is 36.3 Å². The number of hydrogen-bond acceptors (Lipinski definition) is 7. The number of hydrogen-bond donors (Lipinski definition) is 2. The van der Waals surface area contributed by atoms with Crippen molar-refractivity contribution in [2.75, 3.05) is 19.6 Å². The molecule has 3 atom stereocenters. The molecule has 0 unspecified atom stereocenters. The topological polar surface area (TPSA) is 108 Å². The van der Waals surface area contributed by atoms with Crippen molar-refractivity contribution in [1.29, 1.82) is 0 Å². The minimum absolute atomic E-state index is 0.0117. The summed E-state index contributed by atoms with van der Waals surface area (Å²) < 4.78 is 0. The maximum Gasteiger partial charge on any atom is 0.303 e. The van der Waals surface area contributed by atoms with Crippen molar-refractivity contribution < 1.29 is 15.0 Å². The lowest BCUT2D eigenvalue weighted by molar-refractivity contribution is -0.137. The van der Waals surface area contributed by atoms with E-state index in [1.807, 2.05) is 30.3 Å². The van der Waals surface area contributed by atoms with Crippen LogP contribution in [-0.4, -0.2) is 77.9 Å². The predicted octanol–water partition coefficient (Wildman–Crippen LogP) is 3.97. The highest BCUT2D eigenvalue weighted by Gasteiger charge is 2.34. The molecule has 2 N–H and O–H groups in total. The number of piperazine rings is 1. The normalized spacial score (nSPS) is 19.5. The first-order valence-electron chi connectivity index (χ1n) is 12.8. The minimum atomic E-state index is -0.793. The number of phenols is 1. The Morgan fingerprint density at radius 1 is 1.11 bits per heavy atom. The molecule has 0 spiro atoms. The van der Waals surface area contributed by atoms with Gasteiger partial charge in [0.1, 0.15) is 5.75 Å². The van der Waals surface area contributed by atoms with E-state index in [1.54, 1.807) is 6.07 Å². The van der Waals surface area contributed by atoms with Gasteiger partial charge in [0, 0.05) is 43.7 Å². The third-order valence-electron chi connectivity index (χ3n) is 6.98. The number of rotatable bonds is 11. The van der Waals surface area contributed by atoms with Crippen LogP contribution in [0.5, 0.6) is 5.75 Å². The molecule has 3 aromatic rings. The van der Waals surface area contributed by atoms with E-state index in [2.05, 4.69) is 63.8 Å². The molecule has 1 fully saturated rings. The monoisotopic (exact) mass is 504 g/mol. The average molecular weight is 505 g/mol. The van der Waals surface area contributed by atoms with Gasteiger partial charge < -0.3 is 10.2 Å². The molecule has 1 aromatic heterocycles. The Hall–Kier alpha value is -3.56. The highest BCUT2D eigenvalue weighted by Crippen LogP contribution is 2.35. The highest BCUT2D eigenvalue weighted by atomic mass is 16.4. The van der Waals surface area contributed by atoms with E-state index in [0.29, 0.717) is 37.3 Å². The Labute approximate surface area is 218 Å². The van der Waals surface area contributed by atoms with Gasteiger partial charge in [-0.1, -0.05) is 42.5 Å². The van der Waals surface area contributed by atoms with Gasteiger partial charge in [0.2, 0.25) is 5.82 Å². The van der Waals surface area contributed by atoms with Crippen molar-refractivity contribution in [3.05, 3.63) is 72.3 Å². The van der Waals surface area contributed by atoms with Crippen LogP contribution in [0, 0.1) is 0 Å². The van der Waals surface area contributed by atoms with E-state index in [4.69, 9.17) is 5.11 Å². The fourth-order valence-corrected chi connectivity index (χ4v) is 5.07. The Morgan fingerprint density at radius 2 is 1.89 bits per heavy atom. The second-order valence-electron chi connectivity index (χ2n) is 9.82. The number of aromatic nitrogens is 4. The zero-order chi connectivity index (χ0) is 26.4. The number of phenolic OH excluding ortho intramolecular Hbond substituents is 1. The van der Waals surface area contributed by atoms with Crippen molar-refractivity contribution >= 4 is 5.97 Å². The van der Waals surface area contributed by atoms with Gasteiger partial charge in [-0.25, -0.2) is 0 Å². The molecule has 0 saturated carbocycles. The van der Waals surface area contributed by atoms with Gasteiger partial charge in [0.05, 0.1) is 12.6 Å². The van der Waals surface area contributed by atoms with Crippen LogP contribution in [0.4, 0.5) is 0 Å². The molecule has 9 nitrogen and oxygen atoms in total. The van der Waals surface area contributed by atoms with Crippen LogP contribution in [0.1, 0.15) is 50.3 Å². The number of carbonyl (C=O) groups is 1. The molecule has 0 bridgehead atoms. The zero-order valence-electron chi connectivity index (χ0n) is 21.6. The number of aryl methyl sites for hydroxylation is 1. The smallest absolute Gasteiger partial charge is 0.303 e. The summed E-state index contributed by atoms with van der Waals surface area (Å²) in [6.45, 7) is 11.7. The number of benzene rings is 2. The summed E-state index contributed by atoms with van der Waals surface area (Å²) in [5.41, 5.74) is 3.05. The van der Waals surface area contributed by atoms with Crippen LogP contribution in [0.25, 0.3) is 11.4 Å². The lowest BCUT2D eigenvalue weighted by Crippen LogP contribution is -2.57. The van der Waals surface area contributed by atoms with Crippen molar-refractivity contribution in [2.45, 2.75) is 57.8 Å². The van der Waals surface area contributed by atoms with Crippen molar-refractivity contribution in [3.8, 4) is 17.1 Å². The quantitative estimate of drug-likeness (QED) is 0.298. The number of nitrogens with zero attached hydrogens (tertiary/aromatic N) is 6. The Kier molecular flexibility index (Phi) is 8.68. The molecule has 2 heterocycles. The van der Waals surface area contributed by atoms with Gasteiger partial charge >= 0.3 is 5.97 Å². The SMILES string of the molecule is C=CCN1C[C@H](C)N([C@H](c2ccc(-c3nnn(CCCCC(=O)O)n3)cc2)c2cccc(O)c2)C[C@H]1C. The minimum Gasteiger partial charge on any atom is -0.508 e. The van der Waals surface area contributed by atoms with Gasteiger partial charge in [-0.3, -0.25) is 14.6 Å². The predicted molar refractivity (Wildman–Crippen MR) is 142 cm³/mol. The lowest BCUT2D eigenvalue weighted by atomic mass is 9.92. The Balaban J connectivity index is 1.55. The number of tetrazole rings is 1. The van der Waals surface area contributed by atoms with E-state index in [-0.39, 0.29) is 18.2 Å². The number of carboxylic acids is 1. The molecule has 196 valence electrons. The summed E-state index contributed by atoms with van der Waals surface area (Å²) in [4.78, 5) is 17.2. The number of unbranched alkanes of at least 4 members (excludes halogenated alkanes) is 1. The third kappa shape index (κ3) is 6.61. The molecule has 0 aliphatic carbocycles. The van der Waals surface area contributed by atoms with Gasteiger partial charge in [-0.2, -0.15) is 4.80 Å². The number of aromatic hydroxyl groups is 1. The van der Waals surface area contributed by atoms with E-state index in [9.17, 15) is 9.90 Å². The molecule has 1 aliphatic heterocycles. The standard InChI is InChI=1S/C28H36N6O3/c1-4-15-32-18-21(3)33(19-20(32)2)27(24-8-7-9-25(35)17-24)22-11-13-23(14-12-22)28-29-31-34(30-28)16-6-5-10-26(36)37/h4,7-9,11-14,17,20-21,27,35H,1,5-6,10,15-16,18-19H2,2-3H3,(H,36,37)/t20-,21+,27-/m1/s1. The first kappa shape index (κ1) is 26.5. The fraction of sp³-hybridized carbons (Fsp3) is 0.429. The first-order valence-corrected chi connectivity index (χ1v) is 12.8. The molecular weight excluding hydrogens is 468 g/mol. The summed E-state index contributed by atoms with van der Waals surface area (Å²) in [5.74, 6) is 0.00634. The summed E-state index contributed by atoms with van der Waals surface area (Å²) in [5, 5.41) is 31.8. The van der Waals surface area contributed by atoms with Crippen molar-refractivity contribution in [3.63, 3.8) is 0 Å². The summed E-state index contributed by atoms with van der Waals surface area (Å²) in [6.07, 6.45) is 3.37. The Bertz CT molecular complexity index is 1190. The van der Waals surface area contributed by atoms with Crippen LogP contribution < -0.4 is 0 Å². The van der Waals surface area contributed by atoms with Gasteiger partial charge in [0.25, 0.3) is 0 Å². The van der Waals surface area contributed by atoms with Crippen LogP contribution in [-0.2, 0) is 11.3 Å². The maximum atomic E-state index is 10.7. The van der Waals surface area contributed by atoms with Crippen LogP contribution in [0.15, 0.2) is 61.2 Å². The van der Waals surface area contributed by atoms with E-state index in [1.165, 1.54) is 4.80 Å². The largest absolute Gasteiger partial charge is 0.508 e. The fourth-order valence-electron chi connectivity index (χ4n) is 5.07. The molecule has 2 aromatic carbocycles. The molecular formula is C28H36N6O3.